The van der Waals surface area contributed by atoms with Crippen molar-refractivity contribution in [1.29, 1.82) is 0 Å². The van der Waals surface area contributed by atoms with Gasteiger partial charge in [0.15, 0.2) is 0 Å². The van der Waals surface area contributed by atoms with Gasteiger partial charge < -0.3 is 10.1 Å². The summed E-state index contributed by atoms with van der Waals surface area (Å²) in [5.74, 6) is -0.266. The molecule has 0 spiro atoms. The number of rotatable bonds is 11. The summed E-state index contributed by atoms with van der Waals surface area (Å²) in [4.78, 5) is 29.8. The lowest BCUT2D eigenvalue weighted by molar-refractivity contribution is -0.170. The fourth-order valence-corrected chi connectivity index (χ4v) is 2.12. The highest BCUT2D eigenvalue weighted by Gasteiger charge is 2.24. The van der Waals surface area contributed by atoms with Gasteiger partial charge in [-0.2, -0.15) is 0 Å². The number of likely N-dealkylation sites (N-methyl/N-ethyl adjacent to an activating group) is 1. The summed E-state index contributed by atoms with van der Waals surface area (Å²) < 4.78 is 5.68. The fourth-order valence-electron chi connectivity index (χ4n) is 2.12. The number of carbonyl (C=O) groups is 2. The Morgan fingerprint density at radius 3 is 2.64 bits per heavy atom. The number of unbranched alkanes of at least 4 members (excludes halogenated alkanes) is 1. The molecule has 0 bridgehead atoms. The van der Waals surface area contributed by atoms with Crippen LogP contribution in [0.5, 0.6) is 5.75 Å². The van der Waals surface area contributed by atoms with Crippen LogP contribution in [-0.2, 0) is 9.63 Å². The molecule has 0 saturated carbocycles. The van der Waals surface area contributed by atoms with Gasteiger partial charge in [-0.15, -0.1) is 13.2 Å². The van der Waals surface area contributed by atoms with Gasteiger partial charge in [0.2, 0.25) is 0 Å². The molecule has 1 unspecified atom stereocenters. The molecule has 2 amide bonds. The maximum absolute atomic E-state index is 12.6. The van der Waals surface area contributed by atoms with Gasteiger partial charge in [0, 0.05) is 7.05 Å². The Balaban J connectivity index is 2.84. The first kappa shape index (κ1) is 20.4. The summed E-state index contributed by atoms with van der Waals surface area (Å²) in [7, 11) is 2.87. The fraction of sp³-hybridized carbons (Fsp3) is 0.368. The predicted molar refractivity (Wildman–Crippen MR) is 97.2 cm³/mol. The van der Waals surface area contributed by atoms with Gasteiger partial charge in [0.25, 0.3) is 11.8 Å². The zero-order valence-corrected chi connectivity index (χ0v) is 14.9. The van der Waals surface area contributed by atoms with Gasteiger partial charge in [-0.3, -0.25) is 14.4 Å². The van der Waals surface area contributed by atoms with Crippen LogP contribution in [0.4, 0.5) is 0 Å². The number of amides is 2. The molecule has 0 heterocycles. The van der Waals surface area contributed by atoms with E-state index in [1.165, 1.54) is 14.2 Å². The van der Waals surface area contributed by atoms with Crippen LogP contribution in [0.2, 0.25) is 0 Å². The molecule has 6 nitrogen and oxygen atoms in total. The molecule has 0 aromatic heterocycles. The summed E-state index contributed by atoms with van der Waals surface area (Å²) in [6.07, 6.45) is 5.34. The molecule has 25 heavy (non-hydrogen) atoms. The summed E-state index contributed by atoms with van der Waals surface area (Å²) >= 11 is 0. The Kier molecular flexibility index (Phi) is 9.03. The number of nitrogens with zero attached hydrogens (tertiary/aromatic N) is 1. The van der Waals surface area contributed by atoms with Crippen molar-refractivity contribution < 1.29 is 19.2 Å². The van der Waals surface area contributed by atoms with Crippen LogP contribution in [0, 0.1) is 0 Å². The summed E-state index contributed by atoms with van der Waals surface area (Å²) in [6.45, 7) is 7.78. The number of carbonyl (C=O) groups excluding carboxylic acids is 2. The van der Waals surface area contributed by atoms with Gasteiger partial charge in [0.1, 0.15) is 11.8 Å². The molecule has 6 heteroatoms. The number of hydrogen-bond donors (Lipinski definition) is 1. The van der Waals surface area contributed by atoms with Crippen molar-refractivity contribution >= 4 is 11.8 Å². The van der Waals surface area contributed by atoms with Crippen molar-refractivity contribution in [2.45, 2.75) is 25.3 Å². The third-order valence-corrected chi connectivity index (χ3v) is 3.53. The normalized spacial score (nSPS) is 11.3. The standard InChI is InChI=1S/C19H26N2O4/c1-5-7-10-14-25-17-13-9-8-12-15(17)18(22)20-16(11-6-2)19(23)21(3)24-4/h5-6,8-9,12-13,16H,1-2,7,10-11,14H2,3-4H3,(H,20,22). The quantitative estimate of drug-likeness (QED) is 0.380. The lowest BCUT2D eigenvalue weighted by atomic mass is 10.1. The van der Waals surface area contributed by atoms with Crippen molar-refractivity contribution in [2.24, 2.45) is 0 Å². The average Bonchev–Trinajstić information content (AvgIpc) is 2.63. The number of hydrogen-bond acceptors (Lipinski definition) is 4. The van der Waals surface area contributed by atoms with E-state index in [0.717, 1.165) is 17.9 Å². The highest BCUT2D eigenvalue weighted by molar-refractivity contribution is 5.99. The van der Waals surface area contributed by atoms with Crippen molar-refractivity contribution in [3.05, 3.63) is 55.1 Å². The van der Waals surface area contributed by atoms with Gasteiger partial charge in [-0.25, -0.2) is 5.06 Å². The third-order valence-electron chi connectivity index (χ3n) is 3.53. The largest absolute Gasteiger partial charge is 0.493 e. The SMILES string of the molecule is C=CCCCOc1ccccc1C(=O)NC(CC=C)C(=O)N(C)OC. The molecule has 1 atom stereocenters. The molecular weight excluding hydrogens is 320 g/mol. The molecule has 136 valence electrons. The topological polar surface area (TPSA) is 67.9 Å². The number of nitrogens with one attached hydrogen (secondary N) is 1. The minimum atomic E-state index is -0.760. The Morgan fingerprint density at radius 2 is 2.00 bits per heavy atom. The average molecular weight is 346 g/mol. The molecular formula is C19H26N2O4. The summed E-state index contributed by atoms with van der Waals surface area (Å²) in [5, 5.41) is 3.79. The highest BCUT2D eigenvalue weighted by atomic mass is 16.7. The van der Waals surface area contributed by atoms with E-state index in [-0.39, 0.29) is 11.8 Å². The van der Waals surface area contributed by atoms with Crippen LogP contribution in [0.25, 0.3) is 0 Å². The van der Waals surface area contributed by atoms with Gasteiger partial charge in [-0.05, 0) is 31.4 Å². The van der Waals surface area contributed by atoms with Crippen LogP contribution >= 0.6 is 0 Å². The van der Waals surface area contributed by atoms with E-state index in [1.54, 1.807) is 30.3 Å². The zero-order valence-electron chi connectivity index (χ0n) is 14.9. The lowest BCUT2D eigenvalue weighted by Gasteiger charge is -2.22. The number of hydroxylamine groups is 2. The molecule has 0 aliphatic carbocycles. The molecule has 0 aliphatic rings. The first-order valence-corrected chi connectivity index (χ1v) is 8.11. The minimum Gasteiger partial charge on any atom is -0.493 e. The second kappa shape index (κ2) is 11.0. The van der Waals surface area contributed by atoms with Crippen molar-refractivity contribution in [3.8, 4) is 5.75 Å². The van der Waals surface area contributed by atoms with Gasteiger partial charge >= 0.3 is 0 Å². The molecule has 0 fully saturated rings. The minimum absolute atomic E-state index is 0.292. The van der Waals surface area contributed by atoms with Gasteiger partial charge in [-0.1, -0.05) is 24.3 Å². The maximum Gasteiger partial charge on any atom is 0.268 e. The van der Waals surface area contributed by atoms with Crippen LogP contribution in [0.15, 0.2) is 49.6 Å². The van der Waals surface area contributed by atoms with Crippen LogP contribution < -0.4 is 10.1 Å². The third kappa shape index (κ3) is 6.43. The molecule has 1 aromatic carbocycles. The van der Waals surface area contributed by atoms with E-state index in [4.69, 9.17) is 9.57 Å². The van der Waals surface area contributed by atoms with Crippen molar-refractivity contribution in [1.82, 2.24) is 10.4 Å². The molecule has 1 N–H and O–H groups in total. The van der Waals surface area contributed by atoms with E-state index in [9.17, 15) is 9.59 Å². The van der Waals surface area contributed by atoms with Crippen LogP contribution in [0.3, 0.4) is 0 Å². The number of allylic oxidation sites excluding steroid dienone is 1. The summed E-state index contributed by atoms with van der Waals surface area (Å²) in [5.41, 5.74) is 0.378. The Labute approximate surface area is 149 Å². The molecule has 0 aliphatic heterocycles. The van der Waals surface area contributed by atoms with E-state index >= 15 is 0 Å². The highest BCUT2D eigenvalue weighted by Crippen LogP contribution is 2.19. The Hall–Kier alpha value is -2.60. The van der Waals surface area contributed by atoms with E-state index in [0.29, 0.717) is 24.3 Å². The predicted octanol–water partition coefficient (Wildman–Crippen LogP) is 2.73. The van der Waals surface area contributed by atoms with Crippen LogP contribution in [0.1, 0.15) is 29.6 Å². The molecule has 1 aromatic rings. The second-order valence-corrected chi connectivity index (χ2v) is 5.34. The molecule has 0 radical (unpaired) electrons. The Morgan fingerprint density at radius 1 is 1.28 bits per heavy atom. The second-order valence-electron chi connectivity index (χ2n) is 5.34. The smallest absolute Gasteiger partial charge is 0.268 e. The monoisotopic (exact) mass is 346 g/mol. The van der Waals surface area contributed by atoms with Crippen LogP contribution in [-0.4, -0.2) is 43.7 Å². The van der Waals surface area contributed by atoms with E-state index < -0.39 is 6.04 Å². The number of ether oxygens (including phenoxy) is 1. The zero-order chi connectivity index (χ0) is 18.7. The van der Waals surface area contributed by atoms with E-state index in [2.05, 4.69) is 18.5 Å². The first-order chi connectivity index (χ1) is 12.0. The first-order valence-electron chi connectivity index (χ1n) is 8.11. The van der Waals surface area contributed by atoms with E-state index in [1.807, 2.05) is 6.08 Å². The summed E-state index contributed by atoms with van der Waals surface area (Å²) in [6, 6.07) is 6.17. The maximum atomic E-state index is 12.6. The lowest BCUT2D eigenvalue weighted by Crippen LogP contribution is -2.46. The number of para-hydroxylation sites is 1. The molecule has 0 saturated heterocycles. The molecule has 1 rings (SSSR count). The Bertz CT molecular complexity index is 601. The number of benzene rings is 1. The van der Waals surface area contributed by atoms with Crippen molar-refractivity contribution in [3.63, 3.8) is 0 Å². The van der Waals surface area contributed by atoms with Gasteiger partial charge in [0.05, 0.1) is 19.3 Å². The van der Waals surface area contributed by atoms with Crippen molar-refractivity contribution in [2.75, 3.05) is 20.8 Å².